The van der Waals surface area contributed by atoms with Crippen LogP contribution in [0.1, 0.15) is 37.7 Å². The van der Waals surface area contributed by atoms with E-state index in [2.05, 4.69) is 32.7 Å². The second kappa shape index (κ2) is 13.1. The van der Waals surface area contributed by atoms with Gasteiger partial charge in [0.05, 0.1) is 14.2 Å². The lowest BCUT2D eigenvalue weighted by Gasteiger charge is -2.22. The van der Waals surface area contributed by atoms with E-state index in [1.54, 1.807) is 33.2 Å². The molecule has 2 N–H and O–H groups in total. The largest absolute Gasteiger partial charge is 0.497 e. The molecule has 0 radical (unpaired) electrons. The van der Waals surface area contributed by atoms with E-state index in [1.165, 1.54) is 18.4 Å². The topological polar surface area (TPSA) is 78.4 Å². The zero-order chi connectivity index (χ0) is 22.2. The Labute approximate surface area is 209 Å². The number of amides is 1. The summed E-state index contributed by atoms with van der Waals surface area (Å²) in [4.78, 5) is 20.6. The maximum absolute atomic E-state index is 12.0. The molecule has 1 amide bonds. The Bertz CT molecular complexity index is 746. The van der Waals surface area contributed by atoms with Crippen LogP contribution in [0.3, 0.4) is 0 Å². The van der Waals surface area contributed by atoms with Gasteiger partial charge in [0, 0.05) is 51.9 Å². The Morgan fingerprint density at radius 3 is 2.28 bits per heavy atom. The molecule has 1 unspecified atom stereocenters. The number of nitrogens with zero attached hydrogens (tertiary/aromatic N) is 3. The van der Waals surface area contributed by atoms with Gasteiger partial charge in [0.15, 0.2) is 5.96 Å². The average Bonchev–Trinajstić information content (AvgIpc) is 3.43. The summed E-state index contributed by atoms with van der Waals surface area (Å²) < 4.78 is 10.8. The van der Waals surface area contributed by atoms with Crippen LogP contribution in [0.4, 0.5) is 0 Å². The smallest absolute Gasteiger partial charge is 0.243 e. The molecule has 1 aliphatic carbocycles. The molecule has 2 fully saturated rings. The highest BCUT2D eigenvalue weighted by Gasteiger charge is 2.25. The monoisotopic (exact) mass is 559 g/mol. The third-order valence-corrected chi connectivity index (χ3v) is 6.00. The number of likely N-dealkylation sites (N-methyl/N-ethyl adjacent to an activating group) is 1. The van der Waals surface area contributed by atoms with Crippen molar-refractivity contribution in [3.63, 3.8) is 0 Å². The van der Waals surface area contributed by atoms with Gasteiger partial charge in [-0.05, 0) is 37.0 Å². The van der Waals surface area contributed by atoms with E-state index in [-0.39, 0.29) is 36.4 Å². The molecule has 1 atom stereocenters. The van der Waals surface area contributed by atoms with E-state index in [1.807, 2.05) is 6.07 Å². The minimum absolute atomic E-state index is 0. The van der Waals surface area contributed by atoms with Crippen LogP contribution in [-0.4, -0.2) is 81.7 Å². The van der Waals surface area contributed by atoms with E-state index in [4.69, 9.17) is 9.47 Å². The molecule has 0 aromatic heterocycles. The van der Waals surface area contributed by atoms with Gasteiger partial charge in [0.25, 0.3) is 0 Å². The van der Waals surface area contributed by atoms with E-state index in [9.17, 15) is 4.79 Å². The van der Waals surface area contributed by atoms with Crippen molar-refractivity contribution in [1.29, 1.82) is 0 Å². The molecule has 1 heterocycles. The molecule has 2 aliphatic rings. The van der Waals surface area contributed by atoms with Gasteiger partial charge >= 0.3 is 0 Å². The summed E-state index contributed by atoms with van der Waals surface area (Å²) >= 11 is 0. The van der Waals surface area contributed by atoms with Gasteiger partial charge in [0.2, 0.25) is 5.91 Å². The molecular weight excluding hydrogens is 521 g/mol. The Hall–Kier alpha value is -1.75. The first-order valence-electron chi connectivity index (χ1n) is 11.2. The summed E-state index contributed by atoms with van der Waals surface area (Å²) in [6.07, 6.45) is 5.87. The lowest BCUT2D eigenvalue weighted by molar-refractivity contribution is -0.127. The molecule has 180 valence electrons. The van der Waals surface area contributed by atoms with Crippen molar-refractivity contribution in [2.75, 3.05) is 47.9 Å². The average molecular weight is 559 g/mol. The number of benzene rings is 1. The van der Waals surface area contributed by atoms with Crippen LogP contribution < -0.4 is 20.1 Å². The fourth-order valence-electron chi connectivity index (χ4n) is 4.19. The summed E-state index contributed by atoms with van der Waals surface area (Å²) in [6.45, 7) is 2.93. The SMILES string of the molecule is COc1cc(CN2CCC(NC(=NCC(=O)N(C)C)NC3CCCC3)C2)cc(OC)c1.I. The van der Waals surface area contributed by atoms with Crippen molar-refractivity contribution in [2.24, 2.45) is 4.99 Å². The Kier molecular flexibility index (Phi) is 10.8. The zero-order valence-corrected chi connectivity index (χ0v) is 22.1. The molecule has 1 aromatic carbocycles. The number of guanidine groups is 1. The fourth-order valence-corrected chi connectivity index (χ4v) is 4.19. The minimum Gasteiger partial charge on any atom is -0.497 e. The Morgan fingerprint density at radius 1 is 1.06 bits per heavy atom. The van der Waals surface area contributed by atoms with Crippen LogP contribution in [0.5, 0.6) is 11.5 Å². The van der Waals surface area contributed by atoms with Gasteiger partial charge in [-0.25, -0.2) is 4.99 Å². The predicted molar refractivity (Wildman–Crippen MR) is 138 cm³/mol. The highest BCUT2D eigenvalue weighted by molar-refractivity contribution is 14.0. The van der Waals surface area contributed by atoms with E-state index >= 15 is 0 Å². The maximum Gasteiger partial charge on any atom is 0.243 e. The number of likely N-dealkylation sites (tertiary alicyclic amines) is 1. The van der Waals surface area contributed by atoms with Crippen LogP contribution in [0.25, 0.3) is 0 Å². The second-order valence-electron chi connectivity index (χ2n) is 8.66. The van der Waals surface area contributed by atoms with Gasteiger partial charge < -0.3 is 25.0 Å². The highest BCUT2D eigenvalue weighted by Crippen LogP contribution is 2.24. The summed E-state index contributed by atoms with van der Waals surface area (Å²) in [5, 5.41) is 7.12. The van der Waals surface area contributed by atoms with Gasteiger partial charge in [0.1, 0.15) is 18.0 Å². The first kappa shape index (κ1) is 26.5. The summed E-state index contributed by atoms with van der Waals surface area (Å²) in [5.74, 6) is 2.39. The number of hydrogen-bond acceptors (Lipinski definition) is 5. The first-order chi connectivity index (χ1) is 15.0. The summed E-state index contributed by atoms with van der Waals surface area (Å²) in [6, 6.07) is 6.76. The van der Waals surface area contributed by atoms with E-state index in [0.717, 1.165) is 56.4 Å². The van der Waals surface area contributed by atoms with Crippen molar-refractivity contribution in [1.82, 2.24) is 20.4 Å². The van der Waals surface area contributed by atoms with Crippen molar-refractivity contribution >= 4 is 35.8 Å². The molecule has 1 aliphatic heterocycles. The number of halogens is 1. The number of methoxy groups -OCH3 is 2. The standard InChI is InChI=1S/C23H37N5O3.HI/c1-27(2)22(29)14-24-23(25-18-7-5-6-8-18)26-19-9-10-28(16-19)15-17-11-20(30-3)13-21(12-17)31-4;/h11-13,18-19H,5-10,14-16H2,1-4H3,(H2,24,25,26);1H. The number of rotatable bonds is 8. The first-order valence-corrected chi connectivity index (χ1v) is 11.2. The van der Waals surface area contributed by atoms with Crippen LogP contribution >= 0.6 is 24.0 Å². The molecule has 1 saturated heterocycles. The molecule has 32 heavy (non-hydrogen) atoms. The van der Waals surface area contributed by atoms with Crippen LogP contribution in [0, 0.1) is 0 Å². The molecule has 3 rings (SSSR count). The van der Waals surface area contributed by atoms with Crippen LogP contribution in [0.2, 0.25) is 0 Å². The normalized spacial score (nSPS) is 19.4. The van der Waals surface area contributed by atoms with Gasteiger partial charge in [-0.2, -0.15) is 0 Å². The van der Waals surface area contributed by atoms with Crippen molar-refractivity contribution in [2.45, 2.75) is 50.7 Å². The number of hydrogen-bond donors (Lipinski definition) is 2. The van der Waals surface area contributed by atoms with Crippen molar-refractivity contribution < 1.29 is 14.3 Å². The number of aliphatic imine (C=N–C) groups is 1. The van der Waals surface area contributed by atoms with Gasteiger partial charge in [-0.15, -0.1) is 24.0 Å². The minimum atomic E-state index is 0. The van der Waals surface area contributed by atoms with Gasteiger partial charge in [-0.1, -0.05) is 12.8 Å². The molecule has 1 saturated carbocycles. The highest BCUT2D eigenvalue weighted by atomic mass is 127. The lowest BCUT2D eigenvalue weighted by atomic mass is 10.2. The maximum atomic E-state index is 12.0. The second-order valence-corrected chi connectivity index (χ2v) is 8.66. The Balaban J connectivity index is 0.00000363. The van der Waals surface area contributed by atoms with Crippen LogP contribution in [-0.2, 0) is 11.3 Å². The number of nitrogens with one attached hydrogen (secondary N) is 2. The lowest BCUT2D eigenvalue weighted by Crippen LogP contribution is -2.48. The molecule has 1 aromatic rings. The number of carbonyl (C=O) groups is 1. The molecule has 9 heteroatoms. The third-order valence-electron chi connectivity index (χ3n) is 6.00. The summed E-state index contributed by atoms with van der Waals surface area (Å²) in [5.41, 5.74) is 1.17. The molecular formula is C23H38IN5O3. The third kappa shape index (κ3) is 7.99. The van der Waals surface area contributed by atoms with Gasteiger partial charge in [-0.3, -0.25) is 9.69 Å². The predicted octanol–water partition coefficient (Wildman–Crippen LogP) is 2.46. The number of ether oxygens (including phenoxy) is 2. The molecule has 0 bridgehead atoms. The van der Waals surface area contributed by atoms with Crippen molar-refractivity contribution in [3.8, 4) is 11.5 Å². The fraction of sp³-hybridized carbons (Fsp3) is 0.652. The molecule has 8 nitrogen and oxygen atoms in total. The number of carbonyl (C=O) groups excluding carboxylic acids is 1. The van der Waals surface area contributed by atoms with Crippen LogP contribution in [0.15, 0.2) is 23.2 Å². The quantitative estimate of drug-likeness (QED) is 0.290. The molecule has 0 spiro atoms. The zero-order valence-electron chi connectivity index (χ0n) is 19.7. The van der Waals surface area contributed by atoms with Crippen molar-refractivity contribution in [3.05, 3.63) is 23.8 Å². The summed E-state index contributed by atoms with van der Waals surface area (Å²) in [7, 11) is 6.87. The Morgan fingerprint density at radius 2 is 1.69 bits per heavy atom. The van der Waals surface area contributed by atoms with E-state index < -0.39 is 0 Å². The van der Waals surface area contributed by atoms with E-state index in [0.29, 0.717) is 12.1 Å².